The molecule has 0 spiro atoms. The van der Waals surface area contributed by atoms with Crippen molar-refractivity contribution < 1.29 is 17.3 Å². The Labute approximate surface area is 149 Å². The minimum atomic E-state index is -3.90. The highest BCUT2D eigenvalue weighted by molar-refractivity contribution is 7.86. The van der Waals surface area contributed by atoms with Gasteiger partial charge in [-0.05, 0) is 31.2 Å². The second-order valence-electron chi connectivity index (χ2n) is 5.26. The van der Waals surface area contributed by atoms with Gasteiger partial charge in [-0.25, -0.2) is 0 Å². The fourth-order valence-electron chi connectivity index (χ4n) is 2.00. The SMILES string of the molecule is [B]c1nccc(C=C)c1O[C@H](C=C)COS(=O)(=O)c1ccc(C)cc1. The van der Waals surface area contributed by atoms with Gasteiger partial charge in [-0.2, -0.15) is 8.42 Å². The van der Waals surface area contributed by atoms with Crippen molar-refractivity contribution in [1.82, 2.24) is 4.98 Å². The van der Waals surface area contributed by atoms with Crippen LogP contribution in [-0.4, -0.2) is 34.0 Å². The van der Waals surface area contributed by atoms with Gasteiger partial charge in [-0.3, -0.25) is 9.17 Å². The van der Waals surface area contributed by atoms with E-state index in [4.69, 9.17) is 16.8 Å². The third-order valence-corrected chi connectivity index (χ3v) is 4.71. The van der Waals surface area contributed by atoms with E-state index in [9.17, 15) is 8.42 Å². The molecule has 1 atom stereocenters. The lowest BCUT2D eigenvalue weighted by atomic mass is 10.00. The average Bonchev–Trinajstić information content (AvgIpc) is 2.60. The predicted molar refractivity (Wildman–Crippen MR) is 98.6 cm³/mol. The van der Waals surface area contributed by atoms with E-state index in [1.165, 1.54) is 24.4 Å². The zero-order chi connectivity index (χ0) is 18.4. The van der Waals surface area contributed by atoms with Crippen LogP contribution in [0.25, 0.3) is 6.08 Å². The lowest BCUT2D eigenvalue weighted by Gasteiger charge is -2.18. The van der Waals surface area contributed by atoms with Gasteiger partial charge in [-0.15, -0.1) is 0 Å². The normalized spacial score (nSPS) is 12.4. The molecule has 0 unspecified atom stereocenters. The largest absolute Gasteiger partial charge is 0.482 e. The molecule has 1 aromatic heterocycles. The number of benzene rings is 1. The Morgan fingerprint density at radius 1 is 1.24 bits per heavy atom. The van der Waals surface area contributed by atoms with E-state index in [1.807, 2.05) is 6.92 Å². The number of nitrogens with zero attached hydrogens (tertiary/aromatic N) is 1. The summed E-state index contributed by atoms with van der Waals surface area (Å²) in [5, 5.41) is 0. The highest BCUT2D eigenvalue weighted by atomic mass is 32.2. The first kappa shape index (κ1) is 19.0. The Hall–Kier alpha value is -2.38. The molecular formula is C18H18BNO4S. The lowest BCUT2D eigenvalue weighted by Crippen LogP contribution is -2.26. The maximum atomic E-state index is 12.2. The standard InChI is InChI=1S/C18H18BNO4S/c1-4-14-10-11-20-18(19)17(14)24-15(5-2)12-23-25(21,22)16-8-6-13(3)7-9-16/h4-11,15H,1-2,12H2,3H3/t15-/m1/s1. The van der Waals surface area contributed by atoms with Crippen LogP contribution in [-0.2, 0) is 14.3 Å². The average molecular weight is 355 g/mol. The summed E-state index contributed by atoms with van der Waals surface area (Å²) < 4.78 is 35.3. The smallest absolute Gasteiger partial charge is 0.297 e. The minimum Gasteiger partial charge on any atom is -0.482 e. The molecule has 2 radical (unpaired) electrons. The first-order chi connectivity index (χ1) is 11.9. The zero-order valence-corrected chi connectivity index (χ0v) is 14.7. The first-order valence-electron chi connectivity index (χ1n) is 7.49. The Morgan fingerprint density at radius 2 is 1.92 bits per heavy atom. The molecule has 0 aliphatic carbocycles. The van der Waals surface area contributed by atoms with Crippen LogP contribution in [0.5, 0.6) is 5.75 Å². The van der Waals surface area contributed by atoms with Gasteiger partial charge in [0.15, 0.2) is 0 Å². The topological polar surface area (TPSA) is 65.5 Å². The summed E-state index contributed by atoms with van der Waals surface area (Å²) in [6, 6.07) is 8.06. The Balaban J connectivity index is 2.12. The van der Waals surface area contributed by atoms with E-state index in [2.05, 4.69) is 18.1 Å². The van der Waals surface area contributed by atoms with Crippen LogP contribution < -0.4 is 10.3 Å². The fourth-order valence-corrected chi connectivity index (χ4v) is 2.92. The molecule has 1 heterocycles. The van der Waals surface area contributed by atoms with Crippen LogP contribution in [0, 0.1) is 6.92 Å². The van der Waals surface area contributed by atoms with Gasteiger partial charge in [0.25, 0.3) is 10.1 Å². The van der Waals surface area contributed by atoms with Crippen LogP contribution >= 0.6 is 0 Å². The molecule has 0 bridgehead atoms. The first-order valence-corrected chi connectivity index (χ1v) is 8.90. The minimum absolute atomic E-state index is 0.0774. The molecule has 1 aromatic carbocycles. The third-order valence-electron chi connectivity index (χ3n) is 3.41. The molecule has 0 fully saturated rings. The summed E-state index contributed by atoms with van der Waals surface area (Å²) >= 11 is 0. The number of rotatable bonds is 8. The number of aryl methyl sites for hydroxylation is 1. The van der Waals surface area contributed by atoms with Crippen molar-refractivity contribution in [3.8, 4) is 5.75 Å². The van der Waals surface area contributed by atoms with E-state index in [0.29, 0.717) is 11.3 Å². The lowest BCUT2D eigenvalue weighted by molar-refractivity contribution is 0.168. The summed E-state index contributed by atoms with van der Waals surface area (Å²) in [6.45, 7) is 8.95. The maximum Gasteiger partial charge on any atom is 0.297 e. The molecule has 0 saturated carbocycles. The number of aromatic nitrogens is 1. The van der Waals surface area contributed by atoms with E-state index in [0.717, 1.165) is 5.56 Å². The molecule has 128 valence electrons. The second kappa shape index (κ2) is 8.14. The van der Waals surface area contributed by atoms with Crippen molar-refractivity contribution >= 4 is 29.6 Å². The van der Waals surface area contributed by atoms with Gasteiger partial charge in [-0.1, -0.05) is 36.9 Å². The van der Waals surface area contributed by atoms with Crippen LogP contribution in [0.15, 0.2) is 60.7 Å². The summed E-state index contributed by atoms with van der Waals surface area (Å²) in [6.07, 6.45) is 3.80. The Morgan fingerprint density at radius 3 is 2.52 bits per heavy atom. The molecule has 5 nitrogen and oxygen atoms in total. The highest BCUT2D eigenvalue weighted by Gasteiger charge is 2.19. The van der Waals surface area contributed by atoms with Crippen LogP contribution in [0.1, 0.15) is 11.1 Å². The highest BCUT2D eigenvalue weighted by Crippen LogP contribution is 2.18. The van der Waals surface area contributed by atoms with Crippen molar-refractivity contribution in [2.75, 3.05) is 6.61 Å². The quantitative estimate of drug-likeness (QED) is 0.413. The monoisotopic (exact) mass is 355 g/mol. The number of ether oxygens (including phenoxy) is 1. The molecule has 7 heteroatoms. The second-order valence-corrected chi connectivity index (χ2v) is 6.88. The zero-order valence-electron chi connectivity index (χ0n) is 13.9. The van der Waals surface area contributed by atoms with Crippen molar-refractivity contribution in [2.24, 2.45) is 0 Å². The molecular weight excluding hydrogens is 337 g/mol. The van der Waals surface area contributed by atoms with Crippen LogP contribution in [0.2, 0.25) is 0 Å². The molecule has 0 amide bonds. The van der Waals surface area contributed by atoms with Gasteiger partial charge in [0, 0.05) is 17.4 Å². The van der Waals surface area contributed by atoms with Gasteiger partial charge < -0.3 is 4.74 Å². The van der Waals surface area contributed by atoms with Crippen LogP contribution in [0.3, 0.4) is 0 Å². The summed E-state index contributed by atoms with van der Waals surface area (Å²) in [5.41, 5.74) is 1.77. The van der Waals surface area contributed by atoms with E-state index in [-0.39, 0.29) is 17.1 Å². The van der Waals surface area contributed by atoms with Crippen molar-refractivity contribution in [3.63, 3.8) is 0 Å². The molecule has 25 heavy (non-hydrogen) atoms. The number of pyridine rings is 1. The molecule has 2 rings (SSSR count). The molecule has 0 saturated heterocycles. The summed E-state index contributed by atoms with van der Waals surface area (Å²) in [5.74, 6) is 0.304. The third kappa shape index (κ3) is 4.81. The summed E-state index contributed by atoms with van der Waals surface area (Å²) in [4.78, 5) is 4.03. The Kier molecular flexibility index (Phi) is 6.17. The van der Waals surface area contributed by atoms with E-state index < -0.39 is 16.2 Å². The number of hydrogen-bond donors (Lipinski definition) is 0. The van der Waals surface area contributed by atoms with Gasteiger partial charge in [0.1, 0.15) is 26.3 Å². The van der Waals surface area contributed by atoms with Crippen LogP contribution in [0.4, 0.5) is 0 Å². The van der Waals surface area contributed by atoms with Crippen molar-refractivity contribution in [1.29, 1.82) is 0 Å². The molecule has 0 aliphatic heterocycles. The van der Waals surface area contributed by atoms with Gasteiger partial charge >= 0.3 is 0 Å². The van der Waals surface area contributed by atoms with Crippen molar-refractivity contribution in [2.45, 2.75) is 17.9 Å². The maximum absolute atomic E-state index is 12.2. The van der Waals surface area contributed by atoms with E-state index in [1.54, 1.807) is 24.3 Å². The summed E-state index contributed by atoms with van der Waals surface area (Å²) in [7, 11) is 1.91. The molecule has 0 N–H and O–H groups in total. The van der Waals surface area contributed by atoms with Gasteiger partial charge in [0.05, 0.1) is 4.90 Å². The van der Waals surface area contributed by atoms with Crippen molar-refractivity contribution in [3.05, 3.63) is 66.9 Å². The number of hydrogen-bond acceptors (Lipinski definition) is 5. The fraction of sp³-hybridized carbons (Fsp3) is 0.167. The molecule has 0 aliphatic rings. The van der Waals surface area contributed by atoms with Gasteiger partial charge in [0.2, 0.25) is 0 Å². The predicted octanol–water partition coefficient (Wildman–Crippen LogP) is 2.17. The van der Waals surface area contributed by atoms with E-state index >= 15 is 0 Å². The Bertz CT molecular complexity index is 863. The molecule has 2 aromatic rings.